The van der Waals surface area contributed by atoms with Crippen LogP contribution in [0.15, 0.2) is 28.5 Å². The maximum Gasteiger partial charge on any atom is 0.0497 e. The van der Waals surface area contributed by atoms with Crippen LogP contribution in [-0.2, 0) is 0 Å². The van der Waals surface area contributed by atoms with E-state index < -0.39 is 0 Å². The zero-order valence-electron chi connectivity index (χ0n) is 6.17. The Hall–Kier alpha value is -1.05. The average molecular weight is 136 g/mol. The molecule has 2 nitrogen and oxygen atoms in total. The van der Waals surface area contributed by atoms with Crippen molar-refractivity contribution in [2.75, 3.05) is 0 Å². The maximum absolute atomic E-state index is 5.68. The molecule has 1 heterocycles. The molecule has 0 saturated heterocycles. The van der Waals surface area contributed by atoms with Crippen LogP contribution >= 0.6 is 0 Å². The Kier molecular flexibility index (Phi) is 2.26. The van der Waals surface area contributed by atoms with Gasteiger partial charge in [0.25, 0.3) is 0 Å². The first kappa shape index (κ1) is 7.06. The fourth-order valence-corrected chi connectivity index (χ4v) is 0.937. The molecule has 0 atom stereocenters. The fourth-order valence-electron chi connectivity index (χ4n) is 0.937. The molecule has 0 aliphatic carbocycles. The van der Waals surface area contributed by atoms with Crippen LogP contribution in [0.4, 0.5) is 0 Å². The summed E-state index contributed by atoms with van der Waals surface area (Å²) in [6.07, 6.45) is 7.48. The molecule has 0 bridgehead atoms. The number of aliphatic imine (C=N–C) groups is 1. The van der Waals surface area contributed by atoms with Crippen molar-refractivity contribution in [1.82, 2.24) is 0 Å². The molecule has 0 spiro atoms. The smallest absolute Gasteiger partial charge is 0.0497 e. The van der Waals surface area contributed by atoms with Gasteiger partial charge in [-0.3, -0.25) is 4.99 Å². The van der Waals surface area contributed by atoms with E-state index in [1.807, 2.05) is 6.08 Å². The van der Waals surface area contributed by atoms with Crippen molar-refractivity contribution in [2.24, 2.45) is 10.7 Å². The third-order valence-electron chi connectivity index (χ3n) is 1.60. The van der Waals surface area contributed by atoms with Crippen molar-refractivity contribution in [1.29, 1.82) is 0 Å². The zero-order chi connectivity index (χ0) is 7.40. The molecule has 0 fully saturated rings. The van der Waals surface area contributed by atoms with E-state index in [0.717, 1.165) is 18.5 Å². The van der Waals surface area contributed by atoms with Gasteiger partial charge >= 0.3 is 0 Å². The minimum absolute atomic E-state index is 0.826. The van der Waals surface area contributed by atoms with Crippen LogP contribution in [-0.4, -0.2) is 6.21 Å². The van der Waals surface area contributed by atoms with Crippen LogP contribution < -0.4 is 5.73 Å². The second kappa shape index (κ2) is 3.20. The molecular formula is C8H12N2. The number of rotatable bonds is 1. The van der Waals surface area contributed by atoms with Crippen molar-refractivity contribution < 1.29 is 0 Å². The monoisotopic (exact) mass is 136 g/mol. The highest BCUT2D eigenvalue weighted by atomic mass is 14.7. The highest BCUT2D eigenvalue weighted by Gasteiger charge is 1.98. The Labute approximate surface area is 61.1 Å². The number of hydrogen-bond acceptors (Lipinski definition) is 2. The summed E-state index contributed by atoms with van der Waals surface area (Å²) < 4.78 is 0. The summed E-state index contributed by atoms with van der Waals surface area (Å²) >= 11 is 0. The standard InChI is InChI=1S/C8H12N2/c1-2-7-4-3-5-10-6-8(7)9/h3,5-6H,2,4,9H2,1H3. The lowest BCUT2D eigenvalue weighted by Gasteiger charge is -2.00. The normalized spacial score (nSPS) is 17.7. The fraction of sp³-hybridized carbons (Fsp3) is 0.375. The lowest BCUT2D eigenvalue weighted by Crippen LogP contribution is -2.02. The van der Waals surface area contributed by atoms with Gasteiger partial charge in [0.05, 0.1) is 0 Å². The van der Waals surface area contributed by atoms with Crippen molar-refractivity contribution in [3.05, 3.63) is 23.5 Å². The highest BCUT2D eigenvalue weighted by molar-refractivity contribution is 5.79. The van der Waals surface area contributed by atoms with Crippen LogP contribution in [0.2, 0.25) is 0 Å². The van der Waals surface area contributed by atoms with Gasteiger partial charge in [-0.15, -0.1) is 0 Å². The quantitative estimate of drug-likeness (QED) is 0.584. The third-order valence-corrected chi connectivity index (χ3v) is 1.60. The Morgan fingerprint density at radius 3 is 3.20 bits per heavy atom. The van der Waals surface area contributed by atoms with E-state index >= 15 is 0 Å². The number of nitrogens with zero attached hydrogens (tertiary/aromatic N) is 1. The molecule has 0 unspecified atom stereocenters. The van der Waals surface area contributed by atoms with Crippen LogP contribution in [0, 0.1) is 0 Å². The largest absolute Gasteiger partial charge is 0.398 e. The molecule has 2 N–H and O–H groups in total. The average Bonchev–Trinajstić information content (AvgIpc) is 2.13. The summed E-state index contributed by atoms with van der Waals surface area (Å²) in [5.74, 6) is 0. The van der Waals surface area contributed by atoms with E-state index in [1.165, 1.54) is 5.57 Å². The van der Waals surface area contributed by atoms with Crippen LogP contribution in [0.1, 0.15) is 19.8 Å². The summed E-state index contributed by atoms with van der Waals surface area (Å²) in [6.45, 7) is 2.11. The number of hydrogen-bond donors (Lipinski definition) is 1. The summed E-state index contributed by atoms with van der Waals surface area (Å²) in [4.78, 5) is 3.96. The molecule has 54 valence electrons. The van der Waals surface area contributed by atoms with Gasteiger partial charge in [-0.2, -0.15) is 0 Å². The summed E-state index contributed by atoms with van der Waals surface area (Å²) in [7, 11) is 0. The van der Waals surface area contributed by atoms with Gasteiger partial charge in [-0.25, -0.2) is 0 Å². The van der Waals surface area contributed by atoms with Crippen LogP contribution in [0.3, 0.4) is 0 Å². The molecule has 1 aliphatic heterocycles. The first-order chi connectivity index (χ1) is 4.84. The Morgan fingerprint density at radius 2 is 2.50 bits per heavy atom. The van der Waals surface area contributed by atoms with Crippen molar-refractivity contribution in [3.8, 4) is 0 Å². The van der Waals surface area contributed by atoms with Crippen molar-refractivity contribution >= 4 is 6.21 Å². The second-order valence-electron chi connectivity index (χ2n) is 2.28. The number of nitrogens with two attached hydrogens (primary N) is 1. The van der Waals surface area contributed by atoms with Crippen molar-refractivity contribution in [3.63, 3.8) is 0 Å². The van der Waals surface area contributed by atoms with Gasteiger partial charge in [0, 0.05) is 18.1 Å². The van der Waals surface area contributed by atoms with Gasteiger partial charge in [0.15, 0.2) is 0 Å². The molecule has 0 aromatic carbocycles. The molecule has 0 aromatic rings. The van der Waals surface area contributed by atoms with Crippen LogP contribution in [0.25, 0.3) is 0 Å². The molecule has 1 rings (SSSR count). The van der Waals surface area contributed by atoms with E-state index in [9.17, 15) is 0 Å². The molecule has 1 aliphatic rings. The molecule has 10 heavy (non-hydrogen) atoms. The first-order valence-corrected chi connectivity index (χ1v) is 3.50. The lowest BCUT2D eigenvalue weighted by molar-refractivity contribution is 1.01. The topological polar surface area (TPSA) is 38.4 Å². The second-order valence-corrected chi connectivity index (χ2v) is 2.28. The molecule has 0 radical (unpaired) electrons. The molecule has 0 aromatic heterocycles. The van der Waals surface area contributed by atoms with Gasteiger partial charge < -0.3 is 5.73 Å². The predicted octanol–water partition coefficient (Wildman–Crippen LogP) is 1.60. The predicted molar refractivity (Wildman–Crippen MR) is 43.8 cm³/mol. The minimum Gasteiger partial charge on any atom is -0.398 e. The highest BCUT2D eigenvalue weighted by Crippen LogP contribution is 2.11. The van der Waals surface area contributed by atoms with E-state index in [2.05, 4.69) is 11.9 Å². The van der Waals surface area contributed by atoms with Crippen molar-refractivity contribution in [2.45, 2.75) is 19.8 Å². The van der Waals surface area contributed by atoms with Gasteiger partial charge in [-0.05, 0) is 18.4 Å². The molecule has 0 amide bonds. The maximum atomic E-state index is 5.68. The first-order valence-electron chi connectivity index (χ1n) is 3.50. The zero-order valence-corrected chi connectivity index (χ0v) is 6.17. The number of allylic oxidation sites excluding steroid dienone is 3. The third kappa shape index (κ3) is 1.47. The van der Waals surface area contributed by atoms with Crippen LogP contribution in [0.5, 0.6) is 0 Å². The molecular weight excluding hydrogens is 124 g/mol. The van der Waals surface area contributed by atoms with E-state index in [4.69, 9.17) is 5.73 Å². The molecule has 0 saturated carbocycles. The summed E-state index contributed by atoms with van der Waals surface area (Å²) in [5.41, 5.74) is 7.78. The lowest BCUT2D eigenvalue weighted by atomic mass is 10.1. The molecule has 2 heteroatoms. The summed E-state index contributed by atoms with van der Waals surface area (Å²) in [6, 6.07) is 0. The Balaban J connectivity index is 2.82. The minimum atomic E-state index is 0.826. The Bertz CT molecular complexity index is 199. The Morgan fingerprint density at radius 1 is 1.70 bits per heavy atom. The van der Waals surface area contributed by atoms with E-state index in [-0.39, 0.29) is 0 Å². The van der Waals surface area contributed by atoms with Gasteiger partial charge in [-0.1, -0.05) is 13.0 Å². The van der Waals surface area contributed by atoms with Gasteiger partial charge in [0.1, 0.15) is 0 Å². The van der Waals surface area contributed by atoms with E-state index in [0.29, 0.717) is 0 Å². The SMILES string of the molecule is CCC1=C(N)C=NC=CC1. The summed E-state index contributed by atoms with van der Waals surface area (Å²) in [5, 5.41) is 0. The van der Waals surface area contributed by atoms with Gasteiger partial charge in [0.2, 0.25) is 0 Å². The van der Waals surface area contributed by atoms with E-state index in [1.54, 1.807) is 12.4 Å².